The second-order valence-electron chi connectivity index (χ2n) is 13.9. The molecule has 0 fully saturated rings. The Morgan fingerprint density at radius 2 is 0.623 bits per heavy atom. The van der Waals surface area contributed by atoms with E-state index in [0.29, 0.717) is 0 Å². The Hall–Kier alpha value is -6.54. The van der Waals surface area contributed by atoms with Crippen LogP contribution < -0.4 is 0 Å². The average Bonchev–Trinajstić information content (AvgIpc) is 3.61. The van der Waals surface area contributed by atoms with Crippen molar-refractivity contribution < 1.29 is 0 Å². The van der Waals surface area contributed by atoms with E-state index >= 15 is 0 Å². The van der Waals surface area contributed by atoms with Gasteiger partial charge in [-0.05, 0) is 94.2 Å². The standard InChI is InChI=1S/C52H32S/c1-3-16-33(17-4-1)48-36-20-7-9-22-38(36)50(39-23-10-8-21-37(39)48)35-30-31-47-46(32-35)44-28-15-29-45(52(44)53-47)51-42-26-13-11-24-40(42)49(34-18-5-2-6-19-34)41-25-12-14-27-43(41)51/h1-32H. The molecule has 0 unspecified atom stereocenters. The summed E-state index contributed by atoms with van der Waals surface area (Å²) in [6.07, 6.45) is 0. The fraction of sp³-hybridized carbons (Fsp3) is 0. The van der Waals surface area contributed by atoms with Crippen molar-refractivity contribution in [3.8, 4) is 44.5 Å². The molecule has 0 N–H and O–H groups in total. The highest BCUT2D eigenvalue weighted by molar-refractivity contribution is 7.26. The summed E-state index contributed by atoms with van der Waals surface area (Å²) in [5, 5.41) is 12.9. The summed E-state index contributed by atoms with van der Waals surface area (Å²) < 4.78 is 2.64. The van der Waals surface area contributed by atoms with Gasteiger partial charge in [0.25, 0.3) is 0 Å². The van der Waals surface area contributed by atoms with Gasteiger partial charge in [0, 0.05) is 25.7 Å². The fourth-order valence-corrected chi connectivity index (χ4v) is 10.0. The molecule has 1 heteroatoms. The molecule has 0 saturated heterocycles. The number of fused-ring (bicyclic) bond motifs is 7. The van der Waals surface area contributed by atoms with Gasteiger partial charge in [-0.15, -0.1) is 11.3 Å². The molecular formula is C52H32S. The monoisotopic (exact) mass is 688 g/mol. The van der Waals surface area contributed by atoms with Crippen LogP contribution in [-0.2, 0) is 0 Å². The minimum atomic E-state index is 1.25. The normalized spacial score (nSPS) is 11.8. The fourth-order valence-electron chi connectivity index (χ4n) is 8.84. The molecule has 10 aromatic carbocycles. The van der Waals surface area contributed by atoms with Crippen LogP contribution in [0.4, 0.5) is 0 Å². The van der Waals surface area contributed by atoms with Gasteiger partial charge in [-0.25, -0.2) is 0 Å². The van der Waals surface area contributed by atoms with Crippen molar-refractivity contribution in [2.45, 2.75) is 0 Å². The van der Waals surface area contributed by atoms with Gasteiger partial charge in [0.2, 0.25) is 0 Å². The molecule has 1 heterocycles. The predicted molar refractivity (Wildman–Crippen MR) is 231 cm³/mol. The lowest BCUT2D eigenvalue weighted by Crippen LogP contribution is -1.91. The quantitative estimate of drug-likeness (QED) is 0.162. The summed E-state index contributed by atoms with van der Waals surface area (Å²) in [5.74, 6) is 0. The van der Waals surface area contributed by atoms with Crippen molar-refractivity contribution in [1.29, 1.82) is 0 Å². The van der Waals surface area contributed by atoms with E-state index in [1.165, 1.54) is 108 Å². The average molecular weight is 689 g/mol. The van der Waals surface area contributed by atoms with E-state index in [0.717, 1.165) is 0 Å². The van der Waals surface area contributed by atoms with Gasteiger partial charge >= 0.3 is 0 Å². The van der Waals surface area contributed by atoms with E-state index in [4.69, 9.17) is 0 Å². The van der Waals surface area contributed by atoms with E-state index in [1.54, 1.807) is 0 Å². The third-order valence-electron chi connectivity index (χ3n) is 11.0. The van der Waals surface area contributed by atoms with Gasteiger partial charge in [0.1, 0.15) is 0 Å². The van der Waals surface area contributed by atoms with Gasteiger partial charge < -0.3 is 0 Å². The maximum absolute atomic E-state index is 2.45. The van der Waals surface area contributed by atoms with Crippen LogP contribution in [0.15, 0.2) is 194 Å². The number of hydrogen-bond donors (Lipinski definition) is 0. The first-order chi connectivity index (χ1) is 26.3. The number of rotatable bonds is 4. The minimum Gasteiger partial charge on any atom is -0.135 e. The molecule has 0 aliphatic carbocycles. The molecule has 0 aliphatic heterocycles. The molecule has 0 spiro atoms. The Bertz CT molecular complexity index is 3090. The molecule has 11 rings (SSSR count). The van der Waals surface area contributed by atoms with E-state index in [1.807, 2.05) is 11.3 Å². The first-order valence-electron chi connectivity index (χ1n) is 18.3. The molecule has 1 aromatic heterocycles. The lowest BCUT2D eigenvalue weighted by atomic mass is 9.85. The zero-order valence-corrected chi connectivity index (χ0v) is 29.7. The Morgan fingerprint density at radius 1 is 0.245 bits per heavy atom. The Morgan fingerprint density at radius 3 is 1.08 bits per heavy atom. The first-order valence-corrected chi connectivity index (χ1v) is 19.1. The molecular weight excluding hydrogens is 657 g/mol. The van der Waals surface area contributed by atoms with E-state index in [9.17, 15) is 0 Å². The zero-order valence-electron chi connectivity index (χ0n) is 28.9. The third-order valence-corrected chi connectivity index (χ3v) is 12.3. The molecule has 53 heavy (non-hydrogen) atoms. The van der Waals surface area contributed by atoms with Crippen LogP contribution in [-0.4, -0.2) is 0 Å². The second kappa shape index (κ2) is 12.0. The van der Waals surface area contributed by atoms with Crippen LogP contribution in [0.3, 0.4) is 0 Å². The maximum atomic E-state index is 2.45. The molecule has 0 bridgehead atoms. The maximum Gasteiger partial charge on any atom is 0.0434 e. The van der Waals surface area contributed by atoms with E-state index in [-0.39, 0.29) is 0 Å². The summed E-state index contributed by atoms with van der Waals surface area (Å²) in [7, 11) is 0. The van der Waals surface area contributed by atoms with Crippen LogP contribution in [0.5, 0.6) is 0 Å². The van der Waals surface area contributed by atoms with Crippen LogP contribution in [0, 0.1) is 0 Å². The molecule has 11 aromatic rings. The van der Waals surface area contributed by atoms with Crippen molar-refractivity contribution in [2.24, 2.45) is 0 Å². The number of benzene rings is 10. The molecule has 0 nitrogen and oxygen atoms in total. The molecule has 0 aliphatic rings. The minimum absolute atomic E-state index is 1.25. The highest BCUT2D eigenvalue weighted by atomic mass is 32.1. The summed E-state index contributed by atoms with van der Waals surface area (Å²) in [6, 6.07) is 71.5. The van der Waals surface area contributed by atoms with Crippen molar-refractivity contribution in [1.82, 2.24) is 0 Å². The Balaban J connectivity index is 1.18. The SMILES string of the molecule is c1ccc(-c2c3ccccc3c(-c3ccc4sc5c(-c6c7ccccc7c(-c7ccccc7)c7ccccc67)cccc5c4c3)c3ccccc23)cc1. The van der Waals surface area contributed by atoms with Gasteiger partial charge in [0.05, 0.1) is 0 Å². The van der Waals surface area contributed by atoms with Crippen molar-refractivity contribution in [2.75, 3.05) is 0 Å². The lowest BCUT2D eigenvalue weighted by molar-refractivity contribution is 1.66. The second-order valence-corrected chi connectivity index (χ2v) is 15.0. The summed E-state index contributed by atoms with van der Waals surface area (Å²) >= 11 is 1.91. The lowest BCUT2D eigenvalue weighted by Gasteiger charge is -2.18. The Kier molecular flexibility index (Phi) is 6.83. The number of hydrogen-bond acceptors (Lipinski definition) is 1. The van der Waals surface area contributed by atoms with Gasteiger partial charge in [0.15, 0.2) is 0 Å². The van der Waals surface area contributed by atoms with Gasteiger partial charge in [-0.2, -0.15) is 0 Å². The largest absolute Gasteiger partial charge is 0.135 e. The van der Waals surface area contributed by atoms with E-state index in [2.05, 4.69) is 194 Å². The smallest absolute Gasteiger partial charge is 0.0434 e. The van der Waals surface area contributed by atoms with Gasteiger partial charge in [-0.1, -0.05) is 182 Å². The Labute approximate surface area is 311 Å². The first kappa shape index (κ1) is 30.1. The molecule has 0 atom stereocenters. The summed E-state index contributed by atoms with van der Waals surface area (Å²) in [4.78, 5) is 0. The topological polar surface area (TPSA) is 0 Å². The summed E-state index contributed by atoms with van der Waals surface area (Å²) in [6.45, 7) is 0. The third kappa shape index (κ3) is 4.61. The van der Waals surface area contributed by atoms with Crippen molar-refractivity contribution >= 4 is 74.6 Å². The van der Waals surface area contributed by atoms with Crippen LogP contribution in [0.25, 0.3) is 108 Å². The zero-order chi connectivity index (χ0) is 34.9. The number of thiophene rings is 1. The molecule has 0 saturated carbocycles. The van der Waals surface area contributed by atoms with Crippen LogP contribution in [0.2, 0.25) is 0 Å². The van der Waals surface area contributed by atoms with Crippen LogP contribution in [0.1, 0.15) is 0 Å². The van der Waals surface area contributed by atoms with Gasteiger partial charge in [-0.3, -0.25) is 0 Å². The van der Waals surface area contributed by atoms with E-state index < -0.39 is 0 Å². The van der Waals surface area contributed by atoms with Crippen molar-refractivity contribution in [3.63, 3.8) is 0 Å². The van der Waals surface area contributed by atoms with Crippen LogP contribution >= 0.6 is 11.3 Å². The summed E-state index contributed by atoms with van der Waals surface area (Å²) in [5.41, 5.74) is 10.2. The molecule has 0 amide bonds. The molecule has 246 valence electrons. The highest BCUT2D eigenvalue weighted by Gasteiger charge is 2.21. The highest BCUT2D eigenvalue weighted by Crippen LogP contribution is 2.49. The molecule has 0 radical (unpaired) electrons. The predicted octanol–water partition coefficient (Wildman–Crippen LogP) is 15.3. The van der Waals surface area contributed by atoms with Crippen molar-refractivity contribution in [3.05, 3.63) is 194 Å².